The summed E-state index contributed by atoms with van der Waals surface area (Å²) in [5.41, 5.74) is 6.20. The first-order valence-corrected chi connectivity index (χ1v) is 6.40. The van der Waals surface area contributed by atoms with E-state index in [4.69, 9.17) is 10.2 Å². The maximum atomic E-state index is 12.9. The van der Waals surface area contributed by atoms with Gasteiger partial charge >= 0.3 is 0 Å². The van der Waals surface area contributed by atoms with Crippen molar-refractivity contribution in [1.29, 1.82) is 0 Å². The Hall–Kier alpha value is -3.15. The molecule has 5 nitrogen and oxygen atoms in total. The van der Waals surface area contributed by atoms with Gasteiger partial charge in [-0.25, -0.2) is 9.38 Å². The zero-order valence-corrected chi connectivity index (χ0v) is 11.3. The lowest BCUT2D eigenvalue weighted by Gasteiger charge is -2.02. The minimum Gasteiger partial charge on any atom is -0.508 e. The number of hydrogen-bond donors (Lipinski definition) is 2. The van der Waals surface area contributed by atoms with Gasteiger partial charge in [-0.2, -0.15) is 0 Å². The molecule has 3 aromatic rings. The summed E-state index contributed by atoms with van der Waals surface area (Å²) in [7, 11) is 0. The van der Waals surface area contributed by atoms with Crippen LogP contribution in [0.25, 0.3) is 11.0 Å². The van der Waals surface area contributed by atoms with Crippen LogP contribution in [0.5, 0.6) is 5.75 Å². The third kappa shape index (κ3) is 2.67. The third-order valence-electron chi connectivity index (χ3n) is 3.06. The van der Waals surface area contributed by atoms with Crippen molar-refractivity contribution in [1.82, 2.24) is 0 Å². The lowest BCUT2D eigenvalue weighted by Crippen LogP contribution is -2.21. The Bertz CT molecular complexity index is 930. The van der Waals surface area contributed by atoms with Gasteiger partial charge in [0.15, 0.2) is 0 Å². The molecule has 0 unspecified atom stereocenters. The van der Waals surface area contributed by atoms with Gasteiger partial charge < -0.3 is 15.3 Å². The van der Waals surface area contributed by atoms with E-state index in [-0.39, 0.29) is 16.9 Å². The Morgan fingerprint density at radius 3 is 2.55 bits per heavy atom. The zero-order valence-electron chi connectivity index (χ0n) is 11.3. The van der Waals surface area contributed by atoms with Crippen LogP contribution < -0.4 is 11.3 Å². The van der Waals surface area contributed by atoms with Crippen molar-refractivity contribution in [2.45, 2.75) is 0 Å². The molecular formula is C16H11FN2O3. The van der Waals surface area contributed by atoms with Gasteiger partial charge in [0, 0.05) is 11.5 Å². The van der Waals surface area contributed by atoms with E-state index in [1.165, 1.54) is 42.5 Å². The molecule has 0 aliphatic heterocycles. The lowest BCUT2D eigenvalue weighted by atomic mass is 10.1. The molecule has 0 spiro atoms. The summed E-state index contributed by atoms with van der Waals surface area (Å²) in [4.78, 5) is 15.7. The van der Waals surface area contributed by atoms with E-state index >= 15 is 0 Å². The van der Waals surface area contributed by atoms with Gasteiger partial charge in [-0.05, 0) is 42.5 Å². The summed E-state index contributed by atoms with van der Waals surface area (Å²) >= 11 is 0. The number of phenolic OH excluding ortho intramolecular Hbond substituents is 1. The van der Waals surface area contributed by atoms with Crippen LogP contribution in [0.3, 0.4) is 0 Å². The molecule has 3 N–H and O–H groups in total. The molecule has 1 aromatic heterocycles. The van der Waals surface area contributed by atoms with Crippen LogP contribution in [0.4, 0.5) is 10.1 Å². The van der Waals surface area contributed by atoms with Crippen LogP contribution in [0, 0.1) is 5.82 Å². The summed E-state index contributed by atoms with van der Waals surface area (Å²) in [6, 6.07) is 11.4. The van der Waals surface area contributed by atoms with Crippen LogP contribution in [0.2, 0.25) is 0 Å². The molecule has 0 saturated carbocycles. The second-order valence-corrected chi connectivity index (χ2v) is 4.64. The highest BCUT2D eigenvalue weighted by Gasteiger charge is 2.09. The first-order valence-electron chi connectivity index (χ1n) is 6.40. The van der Waals surface area contributed by atoms with Gasteiger partial charge in [0.05, 0.1) is 5.69 Å². The number of benzene rings is 2. The van der Waals surface area contributed by atoms with Gasteiger partial charge in [0.25, 0.3) is 5.91 Å². The number of rotatable bonds is 2. The number of hydrogen-bond acceptors (Lipinski definition) is 4. The molecule has 0 atom stereocenters. The summed E-state index contributed by atoms with van der Waals surface area (Å²) in [5.74, 6) is -1.06. The van der Waals surface area contributed by atoms with Crippen molar-refractivity contribution >= 4 is 22.6 Å². The maximum absolute atomic E-state index is 12.9. The number of halogens is 1. The van der Waals surface area contributed by atoms with E-state index in [1.54, 1.807) is 6.07 Å². The monoisotopic (exact) mass is 298 g/mol. The summed E-state index contributed by atoms with van der Waals surface area (Å²) in [6.07, 6.45) is 0. The molecule has 0 aliphatic rings. The fourth-order valence-electron chi connectivity index (χ4n) is 2.00. The molecule has 22 heavy (non-hydrogen) atoms. The molecule has 2 aromatic carbocycles. The average molecular weight is 298 g/mol. The van der Waals surface area contributed by atoms with E-state index in [9.17, 15) is 14.3 Å². The molecule has 1 amide bonds. The van der Waals surface area contributed by atoms with Crippen LogP contribution in [-0.2, 0) is 0 Å². The molecular weight excluding hydrogens is 287 g/mol. The second-order valence-electron chi connectivity index (χ2n) is 4.64. The maximum Gasteiger partial charge on any atom is 0.254 e. The largest absolute Gasteiger partial charge is 0.508 e. The van der Waals surface area contributed by atoms with Gasteiger partial charge in [0.1, 0.15) is 22.7 Å². The number of carbonyl (C=O) groups is 1. The Balaban J connectivity index is 2.27. The first kappa shape index (κ1) is 13.8. The van der Waals surface area contributed by atoms with Crippen LogP contribution in [-0.4, -0.2) is 11.0 Å². The van der Waals surface area contributed by atoms with Crippen LogP contribution in [0.1, 0.15) is 10.4 Å². The van der Waals surface area contributed by atoms with Gasteiger partial charge in [-0.3, -0.25) is 4.79 Å². The number of phenols is 1. The van der Waals surface area contributed by atoms with Crippen molar-refractivity contribution in [2.24, 2.45) is 10.7 Å². The first-order chi connectivity index (χ1) is 10.5. The lowest BCUT2D eigenvalue weighted by molar-refractivity contribution is 0.0996. The van der Waals surface area contributed by atoms with Crippen molar-refractivity contribution < 1.29 is 18.7 Å². The highest BCUT2D eigenvalue weighted by atomic mass is 19.1. The number of fused-ring (bicyclic) bond motifs is 1. The minimum absolute atomic E-state index is 0.00259. The Morgan fingerprint density at radius 1 is 1.14 bits per heavy atom. The van der Waals surface area contributed by atoms with Crippen LogP contribution >= 0.6 is 0 Å². The average Bonchev–Trinajstić information content (AvgIpc) is 2.48. The molecule has 0 saturated heterocycles. The predicted octanol–water partition coefficient (Wildman–Crippen LogP) is 2.61. The SMILES string of the molecule is NC(=O)c1cc2ccc(O)cc2oc1=Nc1ccc(F)cc1. The second kappa shape index (κ2) is 5.33. The quantitative estimate of drug-likeness (QED) is 0.762. The van der Waals surface area contributed by atoms with E-state index in [0.717, 1.165) is 0 Å². The molecule has 0 bridgehead atoms. The molecule has 3 rings (SSSR count). The zero-order chi connectivity index (χ0) is 15.7. The van der Waals surface area contributed by atoms with E-state index < -0.39 is 11.7 Å². The third-order valence-corrected chi connectivity index (χ3v) is 3.06. The Morgan fingerprint density at radius 2 is 1.86 bits per heavy atom. The highest BCUT2D eigenvalue weighted by molar-refractivity contribution is 5.95. The van der Waals surface area contributed by atoms with Gasteiger partial charge in [-0.15, -0.1) is 0 Å². The van der Waals surface area contributed by atoms with Gasteiger partial charge in [-0.1, -0.05) is 0 Å². The fourth-order valence-corrected chi connectivity index (χ4v) is 2.00. The molecule has 0 radical (unpaired) electrons. The summed E-state index contributed by atoms with van der Waals surface area (Å²) in [6.45, 7) is 0. The number of nitrogens with two attached hydrogens (primary N) is 1. The molecule has 110 valence electrons. The van der Waals surface area contributed by atoms with Gasteiger partial charge in [0.2, 0.25) is 5.55 Å². The van der Waals surface area contributed by atoms with Crippen molar-refractivity contribution in [2.75, 3.05) is 0 Å². The number of carbonyl (C=O) groups excluding carboxylic acids is 1. The Labute approximate surface area is 124 Å². The smallest absolute Gasteiger partial charge is 0.254 e. The van der Waals surface area contributed by atoms with Crippen molar-refractivity contribution in [3.63, 3.8) is 0 Å². The number of amides is 1. The van der Waals surface area contributed by atoms with Crippen LogP contribution in [0.15, 0.2) is 57.9 Å². The molecule has 0 fully saturated rings. The molecule has 6 heteroatoms. The Kier molecular flexibility index (Phi) is 3.34. The topological polar surface area (TPSA) is 88.8 Å². The number of nitrogens with zero attached hydrogens (tertiary/aromatic N) is 1. The minimum atomic E-state index is -0.695. The normalized spacial score (nSPS) is 11.8. The van der Waals surface area contributed by atoms with E-state index in [2.05, 4.69) is 4.99 Å². The fraction of sp³-hybridized carbons (Fsp3) is 0. The highest BCUT2D eigenvalue weighted by Crippen LogP contribution is 2.20. The molecule has 0 aliphatic carbocycles. The number of aromatic hydroxyl groups is 1. The standard InChI is InChI=1S/C16H11FN2O3/c17-10-2-4-11(5-3-10)19-16-13(15(18)21)7-9-1-6-12(20)8-14(9)22-16/h1-8,20H,(H2,18,21). The number of primary amides is 1. The predicted molar refractivity (Wildman–Crippen MR) is 78.0 cm³/mol. The molecule has 1 heterocycles. The van der Waals surface area contributed by atoms with E-state index in [1.807, 2.05) is 0 Å². The van der Waals surface area contributed by atoms with E-state index in [0.29, 0.717) is 16.7 Å². The summed E-state index contributed by atoms with van der Waals surface area (Å²) in [5, 5.41) is 10.1. The van der Waals surface area contributed by atoms with Crippen molar-refractivity contribution in [3.8, 4) is 5.75 Å². The van der Waals surface area contributed by atoms with Crippen molar-refractivity contribution in [3.05, 3.63) is 65.5 Å². The summed E-state index contributed by atoms with van der Waals surface area (Å²) < 4.78 is 18.5.